The second kappa shape index (κ2) is 3.01. The third kappa shape index (κ3) is 2.02. The van der Waals surface area contributed by atoms with Crippen molar-refractivity contribution in [3.8, 4) is 0 Å². The van der Waals surface area contributed by atoms with E-state index in [4.69, 9.17) is 0 Å². The van der Waals surface area contributed by atoms with Crippen molar-refractivity contribution in [1.29, 1.82) is 0 Å². The van der Waals surface area contributed by atoms with Gasteiger partial charge in [0.1, 0.15) is 6.33 Å². The summed E-state index contributed by atoms with van der Waals surface area (Å²) in [7, 11) is -6.36. The van der Waals surface area contributed by atoms with Crippen molar-refractivity contribution >= 4 is 19.7 Å². The first-order valence-corrected chi connectivity index (χ1v) is 7.81. The number of hydrogen-bond donors (Lipinski definition) is 0. The molecule has 9 heteroatoms. The molecule has 7 nitrogen and oxygen atoms in total. The van der Waals surface area contributed by atoms with Crippen molar-refractivity contribution in [2.75, 3.05) is 17.8 Å². The Balaban J connectivity index is 2.23. The molecule has 1 saturated heterocycles. The molecule has 1 aromatic heterocycles. The molecular formula is C6H9N3O4S2. The summed E-state index contributed by atoms with van der Waals surface area (Å²) >= 11 is 0. The lowest BCUT2D eigenvalue weighted by atomic mass is 10.4. The normalized spacial score (nSPS) is 21.1. The van der Waals surface area contributed by atoms with Gasteiger partial charge in [-0.2, -0.15) is 0 Å². The molecule has 84 valence electrons. The first kappa shape index (κ1) is 10.6. The molecule has 1 aromatic rings. The van der Waals surface area contributed by atoms with E-state index in [2.05, 4.69) is 10.1 Å². The quantitative estimate of drug-likeness (QED) is 0.644. The lowest BCUT2D eigenvalue weighted by Crippen LogP contribution is -2.38. The van der Waals surface area contributed by atoms with Crippen LogP contribution in [0, 0.1) is 0 Å². The zero-order chi connectivity index (χ0) is 11.3. The van der Waals surface area contributed by atoms with Crippen LogP contribution in [0.4, 0.5) is 0 Å². The van der Waals surface area contributed by atoms with Gasteiger partial charge in [0.25, 0.3) is 5.16 Å². The van der Waals surface area contributed by atoms with Crippen molar-refractivity contribution < 1.29 is 16.8 Å². The van der Waals surface area contributed by atoms with Gasteiger partial charge >= 0.3 is 0 Å². The molecule has 15 heavy (non-hydrogen) atoms. The average Bonchev–Trinajstić information content (AvgIpc) is 2.45. The van der Waals surface area contributed by atoms with Gasteiger partial charge in [0.05, 0.1) is 17.5 Å². The third-order valence-corrected chi connectivity index (χ3v) is 4.72. The molecule has 0 bridgehead atoms. The first-order valence-electron chi connectivity index (χ1n) is 4.09. The van der Waals surface area contributed by atoms with Gasteiger partial charge in [0.2, 0.25) is 9.84 Å². The SMILES string of the molecule is CS(=O)(=O)c1ncn(C2CS(=O)(=O)C2)n1. The Labute approximate surface area is 87.0 Å². The van der Waals surface area contributed by atoms with Crippen LogP contribution >= 0.6 is 0 Å². The number of sulfone groups is 2. The predicted octanol–water partition coefficient (Wildman–Crippen LogP) is -1.35. The summed E-state index contributed by atoms with van der Waals surface area (Å²) in [4.78, 5) is 3.61. The Hall–Kier alpha value is -0.960. The topological polar surface area (TPSA) is 99.0 Å². The highest BCUT2D eigenvalue weighted by Crippen LogP contribution is 2.22. The van der Waals surface area contributed by atoms with Crippen molar-refractivity contribution in [3.05, 3.63) is 6.33 Å². The van der Waals surface area contributed by atoms with E-state index in [0.717, 1.165) is 6.26 Å². The molecule has 1 fully saturated rings. The van der Waals surface area contributed by atoms with Gasteiger partial charge in [0.15, 0.2) is 9.84 Å². The molecule has 0 spiro atoms. The Morgan fingerprint density at radius 2 is 2.07 bits per heavy atom. The third-order valence-electron chi connectivity index (χ3n) is 2.09. The van der Waals surface area contributed by atoms with Crippen LogP contribution in [0.5, 0.6) is 0 Å². The molecule has 2 heterocycles. The summed E-state index contributed by atoms with van der Waals surface area (Å²) in [5.41, 5.74) is 0. The molecule has 0 saturated carbocycles. The van der Waals surface area contributed by atoms with Gasteiger partial charge in [0, 0.05) is 6.26 Å². The summed E-state index contributed by atoms with van der Waals surface area (Å²) in [6.07, 6.45) is 2.25. The molecule has 0 unspecified atom stereocenters. The molecular weight excluding hydrogens is 242 g/mol. The second-order valence-corrected chi connectivity index (χ2v) is 7.57. The van der Waals surface area contributed by atoms with E-state index >= 15 is 0 Å². The van der Waals surface area contributed by atoms with Crippen LogP contribution in [0.25, 0.3) is 0 Å². The zero-order valence-electron chi connectivity index (χ0n) is 7.86. The summed E-state index contributed by atoms with van der Waals surface area (Å²) in [5, 5.41) is 3.45. The highest BCUT2D eigenvalue weighted by Gasteiger charge is 2.35. The fourth-order valence-corrected chi connectivity index (χ4v) is 3.16. The molecule has 0 aromatic carbocycles. The minimum Gasteiger partial charge on any atom is -0.247 e. The molecule has 1 aliphatic heterocycles. The van der Waals surface area contributed by atoms with Gasteiger partial charge in [-0.3, -0.25) is 0 Å². The molecule has 0 radical (unpaired) electrons. The van der Waals surface area contributed by atoms with Crippen LogP contribution in [0.2, 0.25) is 0 Å². The monoisotopic (exact) mass is 251 g/mol. The summed E-state index contributed by atoms with van der Waals surface area (Å²) < 4.78 is 45.2. The Kier molecular flexibility index (Phi) is 2.12. The number of hydrogen-bond acceptors (Lipinski definition) is 6. The van der Waals surface area contributed by atoms with Crippen LogP contribution in [0.1, 0.15) is 6.04 Å². The van der Waals surface area contributed by atoms with E-state index in [1.54, 1.807) is 0 Å². The maximum absolute atomic E-state index is 11.0. The highest BCUT2D eigenvalue weighted by atomic mass is 32.2. The van der Waals surface area contributed by atoms with E-state index in [1.165, 1.54) is 11.0 Å². The molecule has 0 aliphatic carbocycles. The molecule has 0 atom stereocenters. The van der Waals surface area contributed by atoms with Gasteiger partial charge in [-0.1, -0.05) is 0 Å². The number of aromatic nitrogens is 3. The maximum atomic E-state index is 11.0. The smallest absolute Gasteiger partial charge is 0.247 e. The Morgan fingerprint density at radius 1 is 1.47 bits per heavy atom. The number of nitrogens with zero attached hydrogens (tertiary/aromatic N) is 3. The van der Waals surface area contributed by atoms with E-state index < -0.39 is 19.7 Å². The molecule has 1 aliphatic rings. The van der Waals surface area contributed by atoms with Crippen LogP contribution in [-0.4, -0.2) is 49.4 Å². The maximum Gasteiger partial charge on any atom is 0.266 e. The van der Waals surface area contributed by atoms with Gasteiger partial charge in [-0.25, -0.2) is 26.5 Å². The van der Waals surface area contributed by atoms with Gasteiger partial charge < -0.3 is 0 Å². The van der Waals surface area contributed by atoms with Crippen LogP contribution in [-0.2, 0) is 19.7 Å². The lowest BCUT2D eigenvalue weighted by molar-refractivity contribution is 0.466. The second-order valence-electron chi connectivity index (χ2n) is 3.51. The van der Waals surface area contributed by atoms with Crippen LogP contribution in [0.15, 0.2) is 11.5 Å². The standard InChI is InChI=1S/C6H9N3O4S2/c1-14(10,11)6-7-4-9(8-6)5-2-15(12,13)3-5/h4-5H,2-3H2,1H3. The Morgan fingerprint density at radius 3 is 2.47 bits per heavy atom. The largest absolute Gasteiger partial charge is 0.266 e. The van der Waals surface area contributed by atoms with E-state index in [9.17, 15) is 16.8 Å². The summed E-state index contributed by atoms with van der Waals surface area (Å²) in [5.74, 6) is -0.000869. The van der Waals surface area contributed by atoms with Gasteiger partial charge in [-0.05, 0) is 0 Å². The van der Waals surface area contributed by atoms with Crippen molar-refractivity contribution in [3.63, 3.8) is 0 Å². The fraction of sp³-hybridized carbons (Fsp3) is 0.667. The fourth-order valence-electron chi connectivity index (χ4n) is 1.29. The lowest BCUT2D eigenvalue weighted by Gasteiger charge is -2.24. The zero-order valence-corrected chi connectivity index (χ0v) is 9.49. The first-order chi connectivity index (χ1) is 6.78. The minimum atomic E-state index is -3.42. The molecule has 2 rings (SSSR count). The average molecular weight is 251 g/mol. The van der Waals surface area contributed by atoms with E-state index in [-0.39, 0.29) is 22.7 Å². The molecule has 0 amide bonds. The van der Waals surface area contributed by atoms with Gasteiger partial charge in [-0.15, -0.1) is 5.10 Å². The van der Waals surface area contributed by atoms with Crippen molar-refractivity contribution in [1.82, 2.24) is 14.8 Å². The van der Waals surface area contributed by atoms with Crippen molar-refractivity contribution in [2.45, 2.75) is 11.2 Å². The summed E-state index contributed by atoms with van der Waals surface area (Å²) in [6, 6.07) is -0.280. The highest BCUT2D eigenvalue weighted by molar-refractivity contribution is 7.92. The van der Waals surface area contributed by atoms with E-state index in [0.29, 0.717) is 0 Å². The van der Waals surface area contributed by atoms with E-state index in [1.807, 2.05) is 0 Å². The molecule has 0 N–H and O–H groups in total. The predicted molar refractivity (Wildman–Crippen MR) is 50.8 cm³/mol. The number of rotatable bonds is 2. The van der Waals surface area contributed by atoms with Crippen LogP contribution < -0.4 is 0 Å². The van der Waals surface area contributed by atoms with Crippen molar-refractivity contribution in [2.24, 2.45) is 0 Å². The minimum absolute atomic E-state index is 0.000435. The summed E-state index contributed by atoms with van der Waals surface area (Å²) in [6.45, 7) is 0. The Bertz CT molecular complexity index is 574. The van der Waals surface area contributed by atoms with Crippen LogP contribution in [0.3, 0.4) is 0 Å².